The fraction of sp³-hybridized carbons (Fsp3) is 0.323. The van der Waals surface area contributed by atoms with Crippen LogP contribution in [0.25, 0.3) is 0 Å². The Bertz CT molecular complexity index is 989. The Morgan fingerprint density at radius 2 is 1.24 bits per heavy atom. The Hall–Kier alpha value is -3.07. The Morgan fingerprint density at radius 1 is 0.706 bits per heavy atom. The van der Waals surface area contributed by atoms with E-state index in [-0.39, 0.29) is 5.82 Å². The van der Waals surface area contributed by atoms with E-state index in [1.54, 1.807) is 0 Å². The van der Waals surface area contributed by atoms with E-state index in [0.29, 0.717) is 0 Å². The molecule has 0 amide bonds. The van der Waals surface area contributed by atoms with Gasteiger partial charge in [0, 0.05) is 25.4 Å². The Kier molecular flexibility index (Phi) is 11.2. The first kappa shape index (κ1) is 25.6. The molecule has 0 fully saturated rings. The number of rotatable bonds is 11. The molecule has 0 N–H and O–H groups in total. The summed E-state index contributed by atoms with van der Waals surface area (Å²) in [6.45, 7) is 3.37. The second-order valence-electron chi connectivity index (χ2n) is 8.77. The summed E-state index contributed by atoms with van der Waals surface area (Å²) in [4.78, 5) is 4.50. The van der Waals surface area contributed by atoms with Gasteiger partial charge >= 0.3 is 0 Å². The number of benzene rings is 3. The molecule has 174 valence electrons. The van der Waals surface area contributed by atoms with Crippen molar-refractivity contribution in [3.63, 3.8) is 0 Å². The van der Waals surface area contributed by atoms with E-state index in [2.05, 4.69) is 77.3 Å². The molecule has 34 heavy (non-hydrogen) atoms. The van der Waals surface area contributed by atoms with E-state index in [0.717, 1.165) is 24.1 Å². The molecule has 0 bridgehead atoms. The van der Waals surface area contributed by atoms with Gasteiger partial charge in [-0.1, -0.05) is 130 Å². The van der Waals surface area contributed by atoms with Crippen molar-refractivity contribution in [3.8, 4) is 0 Å². The highest BCUT2D eigenvalue weighted by molar-refractivity contribution is 6.14. The molecule has 0 spiro atoms. The van der Waals surface area contributed by atoms with Crippen molar-refractivity contribution >= 4 is 7.85 Å². The number of imidazole rings is 1. The number of aryl methyl sites for hydroxylation is 1. The number of unbranched alkanes of at least 4 members (excludes halogenated alkanes) is 5. The minimum Gasteiger partial charge on any atom is -0.335 e. The average molecular weight is 448 g/mol. The first-order chi connectivity index (χ1) is 16.8. The molecule has 0 atom stereocenters. The lowest BCUT2D eigenvalue weighted by molar-refractivity contribution is 0.548. The lowest BCUT2D eigenvalue weighted by Gasteiger charge is -2.12. The monoisotopic (exact) mass is 448 g/mol. The minimum atomic E-state index is -0.0163. The fourth-order valence-electron chi connectivity index (χ4n) is 4.06. The van der Waals surface area contributed by atoms with Crippen LogP contribution in [0.2, 0.25) is 0 Å². The van der Waals surface area contributed by atoms with Gasteiger partial charge in [0.25, 0.3) is 0 Å². The van der Waals surface area contributed by atoms with E-state index in [4.69, 9.17) is 7.85 Å². The summed E-state index contributed by atoms with van der Waals surface area (Å²) in [5, 5.41) is 0. The van der Waals surface area contributed by atoms with Gasteiger partial charge in [0.1, 0.15) is 5.82 Å². The van der Waals surface area contributed by atoms with Crippen LogP contribution in [-0.2, 0) is 13.0 Å². The molecule has 0 aliphatic carbocycles. The first-order valence-corrected chi connectivity index (χ1v) is 12.7. The summed E-state index contributed by atoms with van der Waals surface area (Å²) >= 11 is 0. The molecule has 4 aromatic rings. The van der Waals surface area contributed by atoms with Crippen LogP contribution >= 0.6 is 0 Å². The SMILES string of the molecule is CCCCCCCCn1ccnc1Cc1ccccc1.[B]C(c1ccccc1)c1ccccc1. The molecule has 0 unspecified atom stereocenters. The molecule has 3 heteroatoms. The number of hydrogen-bond acceptors (Lipinski definition) is 1. The third kappa shape index (κ3) is 8.70. The molecule has 1 heterocycles. The van der Waals surface area contributed by atoms with Gasteiger partial charge < -0.3 is 4.57 Å². The second kappa shape index (κ2) is 15.0. The van der Waals surface area contributed by atoms with Crippen molar-refractivity contribution in [3.05, 3.63) is 126 Å². The largest absolute Gasteiger partial charge is 0.335 e. The molecule has 2 nitrogen and oxygen atoms in total. The van der Waals surface area contributed by atoms with E-state index in [1.165, 1.54) is 49.9 Å². The number of aromatic nitrogens is 2. The summed E-state index contributed by atoms with van der Waals surface area (Å²) in [5.41, 5.74) is 3.64. The van der Waals surface area contributed by atoms with Gasteiger partial charge in [-0.3, -0.25) is 0 Å². The van der Waals surface area contributed by atoms with Gasteiger partial charge in [-0.25, -0.2) is 4.98 Å². The van der Waals surface area contributed by atoms with E-state index < -0.39 is 0 Å². The summed E-state index contributed by atoms with van der Waals surface area (Å²) in [5.74, 6) is 1.17. The van der Waals surface area contributed by atoms with Gasteiger partial charge in [-0.2, -0.15) is 0 Å². The Balaban J connectivity index is 0.000000202. The van der Waals surface area contributed by atoms with Crippen molar-refractivity contribution in [2.45, 2.75) is 64.2 Å². The van der Waals surface area contributed by atoms with Crippen LogP contribution in [0.1, 0.15) is 73.8 Å². The molecule has 3 aromatic carbocycles. The van der Waals surface area contributed by atoms with Crippen LogP contribution in [0.15, 0.2) is 103 Å². The predicted octanol–water partition coefficient (Wildman–Crippen LogP) is 7.78. The highest BCUT2D eigenvalue weighted by Gasteiger charge is 2.06. The third-order valence-corrected chi connectivity index (χ3v) is 6.08. The quantitative estimate of drug-likeness (QED) is 0.169. The first-order valence-electron chi connectivity index (χ1n) is 12.7. The Morgan fingerprint density at radius 3 is 1.82 bits per heavy atom. The normalized spacial score (nSPS) is 10.6. The number of nitrogens with zero attached hydrogens (tertiary/aromatic N) is 2. The van der Waals surface area contributed by atoms with Gasteiger partial charge in [0.15, 0.2) is 0 Å². The average Bonchev–Trinajstić information content (AvgIpc) is 3.34. The summed E-state index contributed by atoms with van der Waals surface area (Å²) < 4.78 is 2.31. The minimum absolute atomic E-state index is 0.0163. The lowest BCUT2D eigenvalue weighted by atomic mass is 9.76. The van der Waals surface area contributed by atoms with Crippen LogP contribution < -0.4 is 0 Å². The molecule has 2 radical (unpaired) electrons. The molecule has 4 rings (SSSR count). The van der Waals surface area contributed by atoms with Crippen molar-refractivity contribution in [1.29, 1.82) is 0 Å². The van der Waals surface area contributed by atoms with Gasteiger partial charge in [-0.15, -0.1) is 0 Å². The zero-order valence-corrected chi connectivity index (χ0v) is 20.5. The molecule has 0 aliphatic heterocycles. The van der Waals surface area contributed by atoms with Gasteiger partial charge in [0.05, 0.1) is 7.85 Å². The molecule has 1 aromatic heterocycles. The zero-order valence-electron chi connectivity index (χ0n) is 20.5. The highest BCUT2D eigenvalue weighted by atomic mass is 15.1. The maximum absolute atomic E-state index is 6.12. The van der Waals surface area contributed by atoms with Gasteiger partial charge in [0.2, 0.25) is 0 Å². The molecular weight excluding hydrogens is 411 g/mol. The predicted molar refractivity (Wildman–Crippen MR) is 145 cm³/mol. The van der Waals surface area contributed by atoms with Crippen LogP contribution in [0.3, 0.4) is 0 Å². The van der Waals surface area contributed by atoms with Crippen molar-refractivity contribution < 1.29 is 0 Å². The second-order valence-corrected chi connectivity index (χ2v) is 8.77. The van der Waals surface area contributed by atoms with E-state index in [9.17, 15) is 0 Å². The van der Waals surface area contributed by atoms with E-state index in [1.807, 2.05) is 42.6 Å². The maximum Gasteiger partial charge on any atom is 0.113 e. The maximum atomic E-state index is 6.12. The van der Waals surface area contributed by atoms with Crippen LogP contribution in [-0.4, -0.2) is 17.4 Å². The fourth-order valence-corrected chi connectivity index (χ4v) is 4.06. The van der Waals surface area contributed by atoms with E-state index >= 15 is 0 Å². The molecule has 0 saturated heterocycles. The molecule has 0 aliphatic rings. The summed E-state index contributed by atoms with van der Waals surface area (Å²) in [6, 6.07) is 30.9. The Labute approximate surface area is 207 Å². The molecular formula is C31H37BN2. The van der Waals surface area contributed by atoms with Gasteiger partial charge in [-0.05, 0) is 28.9 Å². The lowest BCUT2D eigenvalue weighted by Crippen LogP contribution is -2.04. The zero-order chi connectivity index (χ0) is 23.8. The van der Waals surface area contributed by atoms with Crippen LogP contribution in [0.5, 0.6) is 0 Å². The van der Waals surface area contributed by atoms with Crippen molar-refractivity contribution in [2.24, 2.45) is 0 Å². The van der Waals surface area contributed by atoms with Crippen molar-refractivity contribution in [1.82, 2.24) is 9.55 Å². The van der Waals surface area contributed by atoms with Crippen LogP contribution in [0, 0.1) is 0 Å². The third-order valence-electron chi connectivity index (χ3n) is 6.08. The summed E-state index contributed by atoms with van der Waals surface area (Å²) in [7, 11) is 6.12. The summed E-state index contributed by atoms with van der Waals surface area (Å²) in [6.07, 6.45) is 13.0. The standard InChI is InChI=1S/C18H26N2.C13H11B/c1-2-3-4-5-6-10-14-20-15-13-19-18(20)16-17-11-8-7-9-12-17;14-13(11-7-3-1-4-8-11)12-9-5-2-6-10-12/h7-9,11-13,15H,2-6,10,14,16H2,1H3;1-10,13H. The highest BCUT2D eigenvalue weighted by Crippen LogP contribution is 2.20. The van der Waals surface area contributed by atoms with Crippen LogP contribution in [0.4, 0.5) is 0 Å². The van der Waals surface area contributed by atoms with Crippen molar-refractivity contribution in [2.75, 3.05) is 0 Å². The molecule has 0 saturated carbocycles. The smallest absolute Gasteiger partial charge is 0.113 e. The topological polar surface area (TPSA) is 17.8 Å². The number of hydrogen-bond donors (Lipinski definition) is 0.